The number of halogens is 1. The fourth-order valence-electron chi connectivity index (χ4n) is 1.39. The molecule has 0 saturated carbocycles. The zero-order chi connectivity index (χ0) is 13.1. The molecule has 0 N–H and O–H groups in total. The maximum absolute atomic E-state index is 10.5. The normalized spacial score (nSPS) is 12.3. The first-order valence-electron chi connectivity index (χ1n) is 5.34. The smallest absolute Gasteiger partial charge is 0.269 e. The number of hydrogen-bond acceptors (Lipinski definition) is 5. The van der Waals surface area contributed by atoms with Crippen molar-refractivity contribution < 1.29 is 9.45 Å². The third-order valence-corrected chi connectivity index (χ3v) is 3.44. The van der Waals surface area contributed by atoms with Crippen LogP contribution in [0.2, 0.25) is 0 Å². The Morgan fingerprint density at radius 1 is 1.44 bits per heavy atom. The molecule has 2 rings (SSSR count). The lowest BCUT2D eigenvalue weighted by molar-refractivity contribution is -0.384. The van der Waals surface area contributed by atoms with Gasteiger partial charge in [0.15, 0.2) is 0 Å². The molecule has 18 heavy (non-hydrogen) atoms. The third-order valence-electron chi connectivity index (χ3n) is 2.40. The summed E-state index contributed by atoms with van der Waals surface area (Å²) in [7, 11) is 0. The Balaban J connectivity index is 2.26. The summed E-state index contributed by atoms with van der Waals surface area (Å²) in [6.45, 7) is 2.00. The van der Waals surface area contributed by atoms with Crippen molar-refractivity contribution >= 4 is 21.6 Å². The average molecular weight is 312 g/mol. The predicted octanol–water partition coefficient (Wildman–Crippen LogP) is 3.49. The molecule has 0 saturated heterocycles. The second-order valence-corrected chi connectivity index (χ2v) is 4.74. The van der Waals surface area contributed by atoms with E-state index in [9.17, 15) is 10.1 Å². The Hall–Kier alpha value is -1.76. The van der Waals surface area contributed by atoms with Gasteiger partial charge in [0.05, 0.1) is 9.75 Å². The molecule has 0 aliphatic carbocycles. The van der Waals surface area contributed by atoms with E-state index in [4.69, 9.17) is 4.52 Å². The number of rotatable bonds is 4. The molecule has 1 heterocycles. The molecule has 0 radical (unpaired) electrons. The molecule has 0 amide bonds. The minimum Gasteiger partial charge on any atom is -0.338 e. The SMILES string of the molecule is CCC(Br)c1nc(-c2ccc([N+](=O)[O-])cc2)no1. The van der Waals surface area contributed by atoms with Crippen molar-refractivity contribution in [3.8, 4) is 11.4 Å². The lowest BCUT2D eigenvalue weighted by Crippen LogP contribution is -1.89. The summed E-state index contributed by atoms with van der Waals surface area (Å²) in [6.07, 6.45) is 0.835. The molecule has 1 aromatic heterocycles. The van der Waals surface area contributed by atoms with Crippen LogP contribution in [0.3, 0.4) is 0 Å². The van der Waals surface area contributed by atoms with E-state index in [0.717, 1.165) is 6.42 Å². The number of hydrogen-bond donors (Lipinski definition) is 0. The Kier molecular flexibility index (Phi) is 3.71. The largest absolute Gasteiger partial charge is 0.338 e. The van der Waals surface area contributed by atoms with Crippen LogP contribution in [0.4, 0.5) is 5.69 Å². The average Bonchev–Trinajstić information content (AvgIpc) is 2.87. The van der Waals surface area contributed by atoms with Gasteiger partial charge in [-0.3, -0.25) is 10.1 Å². The Morgan fingerprint density at radius 3 is 2.67 bits per heavy atom. The number of alkyl halides is 1. The Bertz CT molecular complexity index is 553. The third kappa shape index (κ3) is 2.56. The molecule has 6 nitrogen and oxygen atoms in total. The molecule has 2 aromatic rings. The van der Waals surface area contributed by atoms with Crippen LogP contribution in [-0.4, -0.2) is 15.1 Å². The molecule has 1 unspecified atom stereocenters. The van der Waals surface area contributed by atoms with Crippen LogP contribution < -0.4 is 0 Å². The number of benzene rings is 1. The van der Waals surface area contributed by atoms with Crippen molar-refractivity contribution in [2.24, 2.45) is 0 Å². The highest BCUT2D eigenvalue weighted by molar-refractivity contribution is 9.09. The highest BCUT2D eigenvalue weighted by atomic mass is 79.9. The summed E-state index contributed by atoms with van der Waals surface area (Å²) >= 11 is 3.42. The summed E-state index contributed by atoms with van der Waals surface area (Å²) in [5.74, 6) is 0.934. The monoisotopic (exact) mass is 311 g/mol. The van der Waals surface area contributed by atoms with E-state index in [1.54, 1.807) is 12.1 Å². The number of nitro groups is 1. The summed E-state index contributed by atoms with van der Waals surface area (Å²) in [6, 6.07) is 6.03. The van der Waals surface area contributed by atoms with E-state index in [1.165, 1.54) is 12.1 Å². The van der Waals surface area contributed by atoms with E-state index in [-0.39, 0.29) is 10.5 Å². The molecule has 0 spiro atoms. The lowest BCUT2D eigenvalue weighted by Gasteiger charge is -1.96. The van der Waals surface area contributed by atoms with Gasteiger partial charge in [-0.05, 0) is 18.6 Å². The van der Waals surface area contributed by atoms with Gasteiger partial charge in [-0.15, -0.1) is 0 Å². The minimum absolute atomic E-state index is 0.0248. The number of non-ortho nitro benzene ring substituents is 1. The number of nitrogens with zero attached hydrogens (tertiary/aromatic N) is 3. The van der Waals surface area contributed by atoms with Gasteiger partial charge < -0.3 is 4.52 Å². The second kappa shape index (κ2) is 5.26. The first kappa shape index (κ1) is 12.7. The molecular formula is C11H10BrN3O3. The fraction of sp³-hybridized carbons (Fsp3) is 0.273. The molecular weight excluding hydrogens is 302 g/mol. The molecule has 1 aromatic carbocycles. The molecule has 0 aliphatic heterocycles. The van der Waals surface area contributed by atoms with Gasteiger partial charge in [0.1, 0.15) is 0 Å². The van der Waals surface area contributed by atoms with Gasteiger partial charge in [-0.25, -0.2) is 0 Å². The van der Waals surface area contributed by atoms with Crippen molar-refractivity contribution in [3.63, 3.8) is 0 Å². The van der Waals surface area contributed by atoms with E-state index in [0.29, 0.717) is 17.3 Å². The van der Waals surface area contributed by atoms with Crippen LogP contribution in [0.1, 0.15) is 24.1 Å². The molecule has 0 aliphatic rings. The molecule has 94 valence electrons. The predicted molar refractivity (Wildman–Crippen MR) is 68.3 cm³/mol. The van der Waals surface area contributed by atoms with Crippen molar-refractivity contribution in [1.82, 2.24) is 10.1 Å². The zero-order valence-electron chi connectivity index (χ0n) is 9.54. The standard InChI is InChI=1S/C11H10BrN3O3/c1-2-9(12)11-13-10(14-18-11)7-3-5-8(6-4-7)15(16)17/h3-6,9H,2H2,1H3. The van der Waals surface area contributed by atoms with Crippen LogP contribution >= 0.6 is 15.9 Å². The van der Waals surface area contributed by atoms with E-state index in [2.05, 4.69) is 26.1 Å². The van der Waals surface area contributed by atoms with Gasteiger partial charge in [0.25, 0.3) is 5.69 Å². The van der Waals surface area contributed by atoms with E-state index in [1.807, 2.05) is 6.92 Å². The first-order valence-corrected chi connectivity index (χ1v) is 6.26. The summed E-state index contributed by atoms with van der Waals surface area (Å²) in [5, 5.41) is 14.4. The first-order chi connectivity index (χ1) is 8.61. The van der Waals surface area contributed by atoms with Crippen molar-refractivity contribution in [2.75, 3.05) is 0 Å². The highest BCUT2D eigenvalue weighted by Gasteiger charge is 2.15. The second-order valence-electron chi connectivity index (χ2n) is 3.64. The van der Waals surface area contributed by atoms with Crippen LogP contribution in [0, 0.1) is 10.1 Å². The van der Waals surface area contributed by atoms with Crippen LogP contribution in [0.25, 0.3) is 11.4 Å². The number of nitro benzene ring substituents is 1. The van der Waals surface area contributed by atoms with Gasteiger partial charge >= 0.3 is 0 Å². The van der Waals surface area contributed by atoms with Gasteiger partial charge in [0, 0.05) is 17.7 Å². The van der Waals surface area contributed by atoms with Crippen molar-refractivity contribution in [3.05, 3.63) is 40.3 Å². The number of aromatic nitrogens is 2. The highest BCUT2D eigenvalue weighted by Crippen LogP contribution is 2.27. The molecule has 7 heteroatoms. The van der Waals surface area contributed by atoms with Crippen LogP contribution in [-0.2, 0) is 0 Å². The van der Waals surface area contributed by atoms with Crippen LogP contribution in [0.15, 0.2) is 28.8 Å². The fourth-order valence-corrected chi connectivity index (χ4v) is 1.57. The molecule has 1 atom stereocenters. The summed E-state index contributed by atoms with van der Waals surface area (Å²) < 4.78 is 5.11. The van der Waals surface area contributed by atoms with E-state index < -0.39 is 4.92 Å². The topological polar surface area (TPSA) is 82.1 Å². The van der Waals surface area contributed by atoms with E-state index >= 15 is 0 Å². The van der Waals surface area contributed by atoms with Gasteiger partial charge in [-0.1, -0.05) is 28.0 Å². The summed E-state index contributed by atoms with van der Waals surface area (Å²) in [4.78, 5) is 14.3. The quantitative estimate of drug-likeness (QED) is 0.490. The van der Waals surface area contributed by atoms with Crippen LogP contribution in [0.5, 0.6) is 0 Å². The van der Waals surface area contributed by atoms with Gasteiger partial charge in [-0.2, -0.15) is 4.98 Å². The van der Waals surface area contributed by atoms with Crippen molar-refractivity contribution in [2.45, 2.75) is 18.2 Å². The molecule has 0 bridgehead atoms. The Morgan fingerprint density at radius 2 is 2.11 bits per heavy atom. The zero-order valence-corrected chi connectivity index (χ0v) is 11.1. The maximum Gasteiger partial charge on any atom is 0.269 e. The Labute approximate surface area is 111 Å². The summed E-state index contributed by atoms with van der Waals surface area (Å²) in [5.41, 5.74) is 0.723. The lowest BCUT2D eigenvalue weighted by atomic mass is 10.2. The van der Waals surface area contributed by atoms with Gasteiger partial charge in [0.2, 0.25) is 11.7 Å². The minimum atomic E-state index is -0.447. The maximum atomic E-state index is 10.5. The van der Waals surface area contributed by atoms with Crippen molar-refractivity contribution in [1.29, 1.82) is 0 Å². The molecule has 0 fully saturated rings.